The van der Waals surface area contributed by atoms with Crippen molar-refractivity contribution >= 4 is 38.8 Å². The molecule has 1 N–H and O–H groups in total. The summed E-state index contributed by atoms with van der Waals surface area (Å²) in [7, 11) is 0. The maximum absolute atomic E-state index is 4.12. The first-order valence-electron chi connectivity index (χ1n) is 4.25. The van der Waals surface area contributed by atoms with Crippen molar-refractivity contribution in [3.05, 3.63) is 42.7 Å². The first kappa shape index (κ1) is 9.21. The summed E-state index contributed by atoms with van der Waals surface area (Å²) in [4.78, 5) is 7.45. The van der Waals surface area contributed by atoms with Crippen LogP contribution in [0.5, 0.6) is 0 Å². The minimum atomic E-state index is 0. The number of H-pyrrole nitrogens is 1. The summed E-state index contributed by atoms with van der Waals surface area (Å²) in [5, 5.41) is 2.43. The van der Waals surface area contributed by atoms with Crippen molar-refractivity contribution in [2.75, 3.05) is 0 Å². The van der Waals surface area contributed by atoms with E-state index in [1.807, 2.05) is 24.4 Å². The third-order valence-corrected chi connectivity index (χ3v) is 2.31. The Kier molecular flexibility index (Phi) is 2.25. The van der Waals surface area contributed by atoms with Crippen LogP contribution in [0.3, 0.4) is 0 Å². The van der Waals surface area contributed by atoms with Crippen molar-refractivity contribution in [3.63, 3.8) is 0 Å². The van der Waals surface area contributed by atoms with Crippen LogP contribution in [0.1, 0.15) is 0 Å². The van der Waals surface area contributed by atoms with Crippen LogP contribution in [-0.2, 0) is 0 Å². The molecule has 0 saturated carbocycles. The Morgan fingerprint density at radius 3 is 2.64 bits per heavy atom. The summed E-state index contributed by atoms with van der Waals surface area (Å²) < 4.78 is 0. The number of fused-ring (bicyclic) bond motifs is 3. The lowest BCUT2D eigenvalue weighted by molar-refractivity contribution is 1.36. The number of aromatic amines is 1. The highest BCUT2D eigenvalue weighted by Crippen LogP contribution is 2.23. The third kappa shape index (κ3) is 1.21. The predicted octanol–water partition coefficient (Wildman–Crippen LogP) is 3.29. The van der Waals surface area contributed by atoms with Gasteiger partial charge in [-0.05, 0) is 12.1 Å². The second kappa shape index (κ2) is 3.42. The Labute approximate surface area is 91.7 Å². The molecule has 0 unspecified atom stereocenters. The molecule has 0 aliphatic heterocycles. The normalized spacial score (nSPS) is 10.3. The summed E-state index contributed by atoms with van der Waals surface area (Å²) in [5.41, 5.74) is 2.32. The lowest BCUT2D eigenvalue weighted by atomic mass is 10.2. The van der Waals surface area contributed by atoms with E-state index < -0.39 is 0 Å². The minimum absolute atomic E-state index is 0. The Balaban J connectivity index is 0.000000750. The van der Waals surface area contributed by atoms with Crippen molar-refractivity contribution in [1.82, 2.24) is 9.97 Å². The molecule has 70 valence electrons. The molecule has 0 bridgehead atoms. The summed E-state index contributed by atoms with van der Waals surface area (Å²) in [6.07, 6.45) is 3.70. The number of para-hydroxylation sites is 1. The van der Waals surface area contributed by atoms with Crippen molar-refractivity contribution in [2.45, 2.75) is 0 Å². The topological polar surface area (TPSA) is 28.7 Å². The van der Waals surface area contributed by atoms with E-state index in [1.54, 1.807) is 6.20 Å². The second-order valence-corrected chi connectivity index (χ2v) is 3.09. The van der Waals surface area contributed by atoms with E-state index in [2.05, 4.69) is 22.1 Å². The first-order chi connectivity index (χ1) is 6.45. The number of hydrogen-bond acceptors (Lipinski definition) is 1. The molecular formula is C11H9BrN2. The van der Waals surface area contributed by atoms with Crippen LogP contribution >= 0.6 is 17.0 Å². The molecule has 2 aromatic heterocycles. The lowest BCUT2D eigenvalue weighted by Gasteiger charge is -1.87. The Bertz CT molecular complexity index is 521. The number of rotatable bonds is 0. The summed E-state index contributed by atoms with van der Waals surface area (Å²) in [6.45, 7) is 0. The molecule has 1 aromatic carbocycles. The maximum atomic E-state index is 4.12. The van der Waals surface area contributed by atoms with Gasteiger partial charge >= 0.3 is 0 Å². The van der Waals surface area contributed by atoms with E-state index >= 15 is 0 Å². The molecule has 0 aliphatic carbocycles. The van der Waals surface area contributed by atoms with Gasteiger partial charge in [-0.2, -0.15) is 0 Å². The third-order valence-electron chi connectivity index (χ3n) is 2.31. The van der Waals surface area contributed by atoms with Crippen LogP contribution < -0.4 is 0 Å². The van der Waals surface area contributed by atoms with Crippen molar-refractivity contribution in [2.24, 2.45) is 0 Å². The molecule has 0 amide bonds. The number of pyridine rings is 1. The van der Waals surface area contributed by atoms with E-state index in [0.29, 0.717) is 0 Å². The van der Waals surface area contributed by atoms with Gasteiger partial charge in [0.2, 0.25) is 0 Å². The molecule has 14 heavy (non-hydrogen) atoms. The van der Waals surface area contributed by atoms with E-state index in [1.165, 1.54) is 16.3 Å². The van der Waals surface area contributed by atoms with Gasteiger partial charge in [0.05, 0.1) is 0 Å². The van der Waals surface area contributed by atoms with Crippen LogP contribution in [0.2, 0.25) is 0 Å². The van der Waals surface area contributed by atoms with E-state index in [4.69, 9.17) is 0 Å². The molecule has 0 spiro atoms. The van der Waals surface area contributed by atoms with Crippen molar-refractivity contribution in [3.8, 4) is 0 Å². The Morgan fingerprint density at radius 2 is 1.71 bits per heavy atom. The van der Waals surface area contributed by atoms with Gasteiger partial charge < -0.3 is 4.98 Å². The molecule has 3 aromatic rings. The van der Waals surface area contributed by atoms with Gasteiger partial charge in [0.1, 0.15) is 0 Å². The molecule has 2 heterocycles. The SMILES string of the molecule is Br.c1ccc2c(c1)[nH]c1ccncc12. The number of hydrogen-bond donors (Lipinski definition) is 1. The highest BCUT2D eigenvalue weighted by atomic mass is 79.9. The molecular weight excluding hydrogens is 240 g/mol. The standard InChI is InChI=1S/C11H8N2.BrH/c1-2-4-10-8(3-1)9-7-12-6-5-11(9)13-10;/h1-7,13H;1H. The fourth-order valence-electron chi connectivity index (χ4n) is 1.69. The Morgan fingerprint density at radius 1 is 0.929 bits per heavy atom. The average Bonchev–Trinajstić information content (AvgIpc) is 2.56. The fraction of sp³-hybridized carbons (Fsp3) is 0. The van der Waals surface area contributed by atoms with Crippen LogP contribution in [0.25, 0.3) is 21.8 Å². The fourth-order valence-corrected chi connectivity index (χ4v) is 1.69. The number of aromatic nitrogens is 2. The van der Waals surface area contributed by atoms with Crippen molar-refractivity contribution in [1.29, 1.82) is 0 Å². The highest BCUT2D eigenvalue weighted by Gasteiger charge is 2.00. The molecule has 3 rings (SSSR count). The predicted molar refractivity (Wildman–Crippen MR) is 63.9 cm³/mol. The molecule has 0 radical (unpaired) electrons. The van der Waals surface area contributed by atoms with E-state index in [0.717, 1.165) is 5.52 Å². The van der Waals surface area contributed by atoms with E-state index in [-0.39, 0.29) is 17.0 Å². The molecule has 0 fully saturated rings. The molecule has 0 saturated heterocycles. The Hall–Kier alpha value is -1.35. The van der Waals surface area contributed by atoms with Gasteiger partial charge in [-0.1, -0.05) is 18.2 Å². The quantitative estimate of drug-likeness (QED) is 0.650. The summed E-state index contributed by atoms with van der Waals surface area (Å²) in [5.74, 6) is 0. The number of nitrogens with one attached hydrogen (secondary N) is 1. The van der Waals surface area contributed by atoms with Gasteiger partial charge in [0.25, 0.3) is 0 Å². The minimum Gasteiger partial charge on any atom is -0.354 e. The van der Waals surface area contributed by atoms with Gasteiger partial charge in [-0.15, -0.1) is 17.0 Å². The molecule has 2 nitrogen and oxygen atoms in total. The molecule has 0 aliphatic rings. The maximum Gasteiger partial charge on any atom is 0.0495 e. The van der Waals surface area contributed by atoms with Crippen molar-refractivity contribution < 1.29 is 0 Å². The van der Waals surface area contributed by atoms with Crippen LogP contribution in [0, 0.1) is 0 Å². The number of benzene rings is 1. The highest BCUT2D eigenvalue weighted by molar-refractivity contribution is 8.93. The van der Waals surface area contributed by atoms with Gasteiger partial charge in [-0.3, -0.25) is 4.98 Å². The van der Waals surface area contributed by atoms with Crippen LogP contribution in [0.15, 0.2) is 42.7 Å². The zero-order valence-electron chi connectivity index (χ0n) is 7.40. The van der Waals surface area contributed by atoms with Gasteiger partial charge in [0.15, 0.2) is 0 Å². The van der Waals surface area contributed by atoms with Gasteiger partial charge in [-0.25, -0.2) is 0 Å². The zero-order chi connectivity index (χ0) is 8.67. The number of halogens is 1. The molecule has 3 heteroatoms. The summed E-state index contributed by atoms with van der Waals surface area (Å²) in [6, 6.07) is 10.3. The van der Waals surface area contributed by atoms with Crippen LogP contribution in [0.4, 0.5) is 0 Å². The first-order valence-corrected chi connectivity index (χ1v) is 4.25. The second-order valence-electron chi connectivity index (χ2n) is 3.09. The van der Waals surface area contributed by atoms with E-state index in [9.17, 15) is 0 Å². The summed E-state index contributed by atoms with van der Waals surface area (Å²) >= 11 is 0. The lowest BCUT2D eigenvalue weighted by Crippen LogP contribution is -1.68. The largest absolute Gasteiger partial charge is 0.354 e. The van der Waals surface area contributed by atoms with Crippen LogP contribution in [-0.4, -0.2) is 9.97 Å². The monoisotopic (exact) mass is 248 g/mol. The molecule has 0 atom stereocenters. The van der Waals surface area contributed by atoms with Gasteiger partial charge in [0, 0.05) is 34.2 Å². The average molecular weight is 249 g/mol. The number of nitrogens with zero attached hydrogens (tertiary/aromatic N) is 1. The smallest absolute Gasteiger partial charge is 0.0495 e. The zero-order valence-corrected chi connectivity index (χ0v) is 9.11.